The van der Waals surface area contributed by atoms with Crippen LogP contribution in [0.4, 0.5) is 11.8 Å². The third kappa shape index (κ3) is 2.07. The van der Waals surface area contributed by atoms with Gasteiger partial charge in [0.25, 0.3) is 0 Å². The first-order chi connectivity index (χ1) is 10.7. The van der Waals surface area contributed by atoms with Gasteiger partial charge in [0.05, 0.1) is 11.6 Å². The number of hydrogen-bond acceptors (Lipinski definition) is 6. The molecule has 1 aliphatic heterocycles. The molecule has 0 amide bonds. The molecule has 8 heteroatoms. The van der Waals surface area contributed by atoms with Gasteiger partial charge in [-0.15, -0.1) is 0 Å². The number of aromatic amines is 1. The highest BCUT2D eigenvalue weighted by Gasteiger charge is 2.24. The fourth-order valence-electron chi connectivity index (χ4n) is 3.06. The van der Waals surface area contributed by atoms with Gasteiger partial charge in [0, 0.05) is 37.9 Å². The second-order valence-corrected chi connectivity index (χ2v) is 5.69. The molecule has 1 fully saturated rings. The number of aryl methyl sites for hydroxylation is 1. The first-order valence-electron chi connectivity index (χ1n) is 7.42. The van der Waals surface area contributed by atoms with E-state index in [2.05, 4.69) is 36.2 Å². The number of aromatic nitrogens is 6. The summed E-state index contributed by atoms with van der Waals surface area (Å²) in [6.45, 7) is 1.82. The van der Waals surface area contributed by atoms with Crippen molar-refractivity contribution >= 4 is 22.8 Å². The van der Waals surface area contributed by atoms with E-state index < -0.39 is 0 Å². The fourth-order valence-corrected chi connectivity index (χ4v) is 3.06. The van der Waals surface area contributed by atoms with Crippen LogP contribution >= 0.6 is 0 Å². The Bertz CT molecular complexity index is 783. The van der Waals surface area contributed by atoms with E-state index in [1.807, 2.05) is 13.2 Å². The van der Waals surface area contributed by atoms with Crippen LogP contribution in [0, 0.1) is 0 Å². The Morgan fingerprint density at radius 3 is 2.82 bits per heavy atom. The minimum Gasteiger partial charge on any atom is -0.383 e. The van der Waals surface area contributed by atoms with Gasteiger partial charge in [0.15, 0.2) is 5.65 Å². The molecule has 114 valence electrons. The second-order valence-electron chi connectivity index (χ2n) is 5.69. The third-order valence-corrected chi connectivity index (χ3v) is 4.35. The van der Waals surface area contributed by atoms with Crippen molar-refractivity contribution in [3.05, 3.63) is 24.2 Å². The lowest BCUT2D eigenvalue weighted by Gasteiger charge is -2.31. The van der Waals surface area contributed by atoms with Crippen molar-refractivity contribution in [3.8, 4) is 0 Å². The molecule has 0 saturated carbocycles. The van der Waals surface area contributed by atoms with E-state index in [1.165, 1.54) is 5.69 Å². The van der Waals surface area contributed by atoms with Crippen LogP contribution in [0.1, 0.15) is 24.5 Å². The molecule has 0 unspecified atom stereocenters. The van der Waals surface area contributed by atoms with E-state index >= 15 is 0 Å². The quantitative estimate of drug-likeness (QED) is 0.733. The number of nitrogens with two attached hydrogens (primary N) is 1. The van der Waals surface area contributed by atoms with Crippen molar-refractivity contribution in [1.82, 2.24) is 29.9 Å². The highest BCUT2D eigenvalue weighted by Crippen LogP contribution is 2.29. The molecule has 1 saturated heterocycles. The maximum Gasteiger partial charge on any atom is 0.229 e. The first-order valence-corrected chi connectivity index (χ1v) is 7.42. The number of H-pyrrole nitrogens is 1. The molecule has 3 aromatic heterocycles. The normalized spacial score (nSPS) is 16.5. The molecule has 0 spiro atoms. The van der Waals surface area contributed by atoms with E-state index in [4.69, 9.17) is 5.73 Å². The second kappa shape index (κ2) is 4.97. The molecule has 1 aliphatic rings. The number of fused-ring (bicyclic) bond motifs is 1. The van der Waals surface area contributed by atoms with Crippen LogP contribution in [0.3, 0.4) is 0 Å². The summed E-state index contributed by atoms with van der Waals surface area (Å²) in [5.41, 5.74) is 8.02. The van der Waals surface area contributed by atoms with Gasteiger partial charge < -0.3 is 10.6 Å². The number of rotatable bonds is 2. The van der Waals surface area contributed by atoms with Crippen molar-refractivity contribution in [2.45, 2.75) is 18.8 Å². The molecule has 0 aliphatic carbocycles. The molecule has 0 radical (unpaired) electrons. The highest BCUT2D eigenvalue weighted by atomic mass is 15.3. The number of nitrogens with zero attached hydrogens (tertiary/aromatic N) is 6. The van der Waals surface area contributed by atoms with E-state index in [0.29, 0.717) is 17.7 Å². The van der Waals surface area contributed by atoms with Gasteiger partial charge in [-0.1, -0.05) is 0 Å². The fraction of sp³-hybridized carbons (Fsp3) is 0.429. The lowest BCUT2D eigenvalue weighted by Crippen LogP contribution is -2.34. The standard InChI is InChI=1S/C14H18N8/c1-21-13-10(8-17-21)12(15)18-14(19-13)22-6-3-9(4-7-22)11-2-5-16-20-11/h2,5,8-9H,3-4,6-7H2,1H3,(H,16,20)(H2,15,18,19). The van der Waals surface area contributed by atoms with Crippen LogP contribution in [0.15, 0.2) is 18.5 Å². The predicted molar refractivity (Wildman–Crippen MR) is 83.5 cm³/mol. The average Bonchev–Trinajstić information content (AvgIpc) is 3.18. The monoisotopic (exact) mass is 298 g/mol. The van der Waals surface area contributed by atoms with Gasteiger partial charge in [-0.05, 0) is 18.9 Å². The average molecular weight is 298 g/mol. The van der Waals surface area contributed by atoms with E-state index in [0.717, 1.165) is 37.0 Å². The van der Waals surface area contributed by atoms with Gasteiger partial charge in [-0.2, -0.15) is 20.2 Å². The smallest absolute Gasteiger partial charge is 0.229 e. The predicted octanol–water partition coefficient (Wildman–Crippen LogP) is 1.05. The van der Waals surface area contributed by atoms with Crippen LogP contribution in [0.2, 0.25) is 0 Å². The Kier molecular flexibility index (Phi) is 2.95. The summed E-state index contributed by atoms with van der Waals surface area (Å²) in [4.78, 5) is 11.3. The number of hydrogen-bond donors (Lipinski definition) is 2. The lowest BCUT2D eigenvalue weighted by molar-refractivity contribution is 0.490. The summed E-state index contributed by atoms with van der Waals surface area (Å²) in [6.07, 6.45) is 5.62. The maximum atomic E-state index is 6.04. The summed E-state index contributed by atoms with van der Waals surface area (Å²) >= 11 is 0. The molecule has 4 heterocycles. The molecule has 8 nitrogen and oxygen atoms in total. The molecule has 3 aromatic rings. The number of anilines is 2. The Balaban J connectivity index is 1.57. The summed E-state index contributed by atoms with van der Waals surface area (Å²) in [5.74, 6) is 1.71. The van der Waals surface area contributed by atoms with Gasteiger partial charge >= 0.3 is 0 Å². The van der Waals surface area contributed by atoms with Crippen molar-refractivity contribution in [3.63, 3.8) is 0 Å². The Hall–Kier alpha value is -2.64. The first kappa shape index (κ1) is 13.1. The van der Waals surface area contributed by atoms with E-state index in [-0.39, 0.29) is 0 Å². The van der Waals surface area contributed by atoms with Crippen molar-refractivity contribution in [1.29, 1.82) is 0 Å². The maximum absolute atomic E-state index is 6.04. The van der Waals surface area contributed by atoms with Crippen LogP contribution in [-0.2, 0) is 7.05 Å². The summed E-state index contributed by atoms with van der Waals surface area (Å²) in [6, 6.07) is 2.05. The molecule has 0 atom stereocenters. The molecule has 22 heavy (non-hydrogen) atoms. The summed E-state index contributed by atoms with van der Waals surface area (Å²) in [7, 11) is 1.86. The largest absolute Gasteiger partial charge is 0.383 e. The highest BCUT2D eigenvalue weighted by molar-refractivity contribution is 5.86. The van der Waals surface area contributed by atoms with E-state index in [9.17, 15) is 0 Å². The number of piperidine rings is 1. The zero-order valence-electron chi connectivity index (χ0n) is 12.4. The van der Waals surface area contributed by atoms with Crippen LogP contribution in [0.25, 0.3) is 11.0 Å². The van der Waals surface area contributed by atoms with Crippen molar-refractivity contribution in [2.24, 2.45) is 7.05 Å². The Labute approximate surface area is 127 Å². The van der Waals surface area contributed by atoms with Crippen LogP contribution in [0.5, 0.6) is 0 Å². The minimum atomic E-state index is 0.490. The molecule has 4 rings (SSSR count). The van der Waals surface area contributed by atoms with Crippen LogP contribution < -0.4 is 10.6 Å². The van der Waals surface area contributed by atoms with Crippen LogP contribution in [-0.4, -0.2) is 43.0 Å². The molecule has 3 N–H and O–H groups in total. The molecule has 0 bridgehead atoms. The summed E-state index contributed by atoms with van der Waals surface area (Å²) in [5, 5.41) is 12.1. The third-order valence-electron chi connectivity index (χ3n) is 4.35. The zero-order chi connectivity index (χ0) is 15.1. The Morgan fingerprint density at radius 1 is 1.27 bits per heavy atom. The topological polar surface area (TPSA) is 102 Å². The van der Waals surface area contributed by atoms with E-state index in [1.54, 1.807) is 10.9 Å². The summed E-state index contributed by atoms with van der Waals surface area (Å²) < 4.78 is 1.73. The Morgan fingerprint density at radius 2 is 2.09 bits per heavy atom. The lowest BCUT2D eigenvalue weighted by atomic mass is 9.94. The molecular formula is C14H18N8. The van der Waals surface area contributed by atoms with Gasteiger partial charge in [-0.25, -0.2) is 0 Å². The van der Waals surface area contributed by atoms with Crippen molar-refractivity contribution in [2.75, 3.05) is 23.7 Å². The van der Waals surface area contributed by atoms with Gasteiger partial charge in [0.1, 0.15) is 5.82 Å². The molecular weight excluding hydrogens is 280 g/mol. The number of nitrogen functional groups attached to an aromatic ring is 1. The molecule has 0 aromatic carbocycles. The zero-order valence-corrected chi connectivity index (χ0v) is 12.4. The van der Waals surface area contributed by atoms with Gasteiger partial charge in [-0.3, -0.25) is 9.78 Å². The van der Waals surface area contributed by atoms with Gasteiger partial charge in [0.2, 0.25) is 5.95 Å². The van der Waals surface area contributed by atoms with Crippen molar-refractivity contribution < 1.29 is 0 Å². The number of nitrogens with one attached hydrogen (secondary N) is 1. The minimum absolute atomic E-state index is 0.490. The SMILES string of the molecule is Cn1ncc2c(N)nc(N3CCC(c4ccn[nH]4)CC3)nc21.